The van der Waals surface area contributed by atoms with Crippen LogP contribution in [0.5, 0.6) is 0 Å². The van der Waals surface area contributed by atoms with Gasteiger partial charge in [0.05, 0.1) is 13.2 Å². The van der Waals surface area contributed by atoms with Crippen LogP contribution in [0.4, 0.5) is 0 Å². The van der Waals surface area contributed by atoms with E-state index in [2.05, 4.69) is 74.4 Å². The lowest BCUT2D eigenvalue weighted by atomic mass is 10.2. The first kappa shape index (κ1) is 22.9. The summed E-state index contributed by atoms with van der Waals surface area (Å²) in [6.45, 7) is 7.38. The third kappa shape index (κ3) is 4.75. The van der Waals surface area contributed by atoms with Gasteiger partial charge in [0.1, 0.15) is 0 Å². The predicted octanol–water partition coefficient (Wildman–Crippen LogP) is 4.37. The van der Waals surface area contributed by atoms with Crippen LogP contribution in [0.2, 0.25) is 5.04 Å². The Morgan fingerprint density at radius 1 is 0.788 bits per heavy atom. The van der Waals surface area contributed by atoms with Crippen molar-refractivity contribution in [2.45, 2.75) is 39.0 Å². The molecule has 0 aliphatic carbocycles. The standard InChI is InChI=1S/C28H30N2O2Si/c1-28(2,3)33(25-15-9-5-10-16-25,26-17-11-6-12-18-26)32-22-24-19-20-29-30(27(24)31)21-23-13-7-4-8-14-23/h4-20H,21-22H2,1-3H3. The summed E-state index contributed by atoms with van der Waals surface area (Å²) < 4.78 is 8.45. The van der Waals surface area contributed by atoms with E-state index in [4.69, 9.17) is 4.43 Å². The van der Waals surface area contributed by atoms with Crippen molar-refractivity contribution in [1.29, 1.82) is 0 Å². The molecule has 0 radical (unpaired) electrons. The molecule has 0 aliphatic rings. The molecule has 1 aromatic heterocycles. The summed E-state index contributed by atoms with van der Waals surface area (Å²) in [5.41, 5.74) is 1.55. The number of rotatable bonds is 7. The first-order chi connectivity index (χ1) is 15.9. The molecule has 5 heteroatoms. The van der Waals surface area contributed by atoms with E-state index in [9.17, 15) is 4.79 Å². The summed E-state index contributed by atoms with van der Waals surface area (Å²) in [5.74, 6) is 0. The second kappa shape index (κ2) is 9.69. The molecule has 0 N–H and O–H groups in total. The Balaban J connectivity index is 1.73. The van der Waals surface area contributed by atoms with Crippen LogP contribution in [0.25, 0.3) is 0 Å². The summed E-state index contributed by atoms with van der Waals surface area (Å²) in [4.78, 5) is 13.2. The maximum Gasteiger partial charge on any atom is 0.272 e. The van der Waals surface area contributed by atoms with E-state index in [1.165, 1.54) is 15.1 Å². The number of hydrogen-bond acceptors (Lipinski definition) is 3. The molecule has 4 nitrogen and oxygen atoms in total. The summed E-state index contributed by atoms with van der Waals surface area (Å²) in [7, 11) is -2.72. The minimum absolute atomic E-state index is 0.112. The second-order valence-electron chi connectivity index (χ2n) is 9.26. The molecular weight excluding hydrogens is 424 g/mol. The quantitative estimate of drug-likeness (QED) is 0.390. The normalized spacial score (nSPS) is 12.0. The van der Waals surface area contributed by atoms with E-state index in [1.807, 2.05) is 42.5 Å². The van der Waals surface area contributed by atoms with E-state index >= 15 is 0 Å². The molecule has 0 saturated carbocycles. The number of nitrogens with zero attached hydrogens (tertiary/aromatic N) is 2. The van der Waals surface area contributed by atoms with Gasteiger partial charge < -0.3 is 4.43 Å². The summed E-state index contributed by atoms with van der Waals surface area (Å²) >= 11 is 0. The minimum atomic E-state index is -2.72. The zero-order valence-corrected chi connectivity index (χ0v) is 20.4. The highest BCUT2D eigenvalue weighted by Crippen LogP contribution is 2.37. The van der Waals surface area contributed by atoms with Gasteiger partial charge in [-0.3, -0.25) is 4.79 Å². The molecule has 0 bridgehead atoms. The SMILES string of the molecule is CC(C)(C)[Si](OCc1ccnn(Cc2ccccc2)c1=O)(c1ccccc1)c1ccccc1. The molecule has 168 valence electrons. The Labute approximate surface area is 196 Å². The van der Waals surface area contributed by atoms with Crippen LogP contribution in [0.1, 0.15) is 31.9 Å². The molecule has 0 fully saturated rings. The van der Waals surface area contributed by atoms with Gasteiger partial charge in [-0.05, 0) is 27.0 Å². The molecule has 33 heavy (non-hydrogen) atoms. The van der Waals surface area contributed by atoms with Gasteiger partial charge in [-0.2, -0.15) is 5.10 Å². The maximum absolute atomic E-state index is 13.2. The topological polar surface area (TPSA) is 44.1 Å². The van der Waals surface area contributed by atoms with Crippen molar-refractivity contribution in [2.75, 3.05) is 0 Å². The molecule has 0 saturated heterocycles. The van der Waals surface area contributed by atoms with Crippen molar-refractivity contribution < 1.29 is 4.43 Å². The zero-order chi connectivity index (χ0) is 23.3. The van der Waals surface area contributed by atoms with Crippen molar-refractivity contribution in [3.8, 4) is 0 Å². The Bertz CT molecular complexity index is 1190. The molecule has 1 heterocycles. The summed E-state index contributed by atoms with van der Waals surface area (Å²) in [6, 6.07) is 32.6. The Kier molecular flexibility index (Phi) is 6.72. The second-order valence-corrected chi connectivity index (χ2v) is 13.6. The monoisotopic (exact) mass is 454 g/mol. The van der Waals surface area contributed by atoms with Gasteiger partial charge >= 0.3 is 0 Å². The van der Waals surface area contributed by atoms with Gasteiger partial charge in [-0.1, -0.05) is 112 Å². The van der Waals surface area contributed by atoms with E-state index in [1.54, 1.807) is 12.3 Å². The Morgan fingerprint density at radius 3 is 1.82 bits per heavy atom. The van der Waals surface area contributed by atoms with Crippen molar-refractivity contribution in [1.82, 2.24) is 9.78 Å². The molecule has 3 aromatic carbocycles. The zero-order valence-electron chi connectivity index (χ0n) is 19.4. The van der Waals surface area contributed by atoms with Gasteiger partial charge in [-0.25, -0.2) is 4.68 Å². The van der Waals surface area contributed by atoms with Crippen molar-refractivity contribution >= 4 is 18.7 Å². The van der Waals surface area contributed by atoms with Crippen LogP contribution < -0.4 is 15.9 Å². The van der Waals surface area contributed by atoms with E-state index in [-0.39, 0.29) is 17.2 Å². The molecule has 4 aromatic rings. The third-order valence-corrected chi connectivity index (χ3v) is 11.0. The third-order valence-electron chi connectivity index (χ3n) is 6.03. The number of hydrogen-bond donors (Lipinski definition) is 0. The lowest BCUT2D eigenvalue weighted by molar-refractivity contribution is 0.283. The van der Waals surface area contributed by atoms with Crippen LogP contribution in [0.15, 0.2) is 108 Å². The van der Waals surface area contributed by atoms with Gasteiger partial charge in [0.25, 0.3) is 13.9 Å². The van der Waals surface area contributed by atoms with Crippen molar-refractivity contribution in [3.05, 3.63) is 125 Å². The molecular formula is C28H30N2O2Si. The largest absolute Gasteiger partial charge is 0.403 e. The fourth-order valence-corrected chi connectivity index (χ4v) is 8.95. The lowest BCUT2D eigenvalue weighted by Crippen LogP contribution is -2.66. The van der Waals surface area contributed by atoms with Crippen LogP contribution in [0, 0.1) is 0 Å². The van der Waals surface area contributed by atoms with E-state index in [0.29, 0.717) is 12.1 Å². The fraction of sp³-hybridized carbons (Fsp3) is 0.214. The maximum atomic E-state index is 13.2. The van der Waals surface area contributed by atoms with Gasteiger partial charge in [0.15, 0.2) is 0 Å². The summed E-state index contributed by atoms with van der Waals surface area (Å²) in [6.07, 6.45) is 1.69. The van der Waals surface area contributed by atoms with Crippen LogP contribution >= 0.6 is 0 Å². The fourth-order valence-electron chi connectivity index (χ4n) is 4.42. The first-order valence-electron chi connectivity index (χ1n) is 11.3. The number of benzene rings is 3. The van der Waals surface area contributed by atoms with Crippen LogP contribution in [0.3, 0.4) is 0 Å². The predicted molar refractivity (Wildman–Crippen MR) is 136 cm³/mol. The van der Waals surface area contributed by atoms with E-state index in [0.717, 1.165) is 5.56 Å². The van der Waals surface area contributed by atoms with Crippen LogP contribution in [-0.2, 0) is 17.6 Å². The molecule has 0 aliphatic heterocycles. The van der Waals surface area contributed by atoms with E-state index < -0.39 is 8.32 Å². The Hall–Kier alpha value is -3.28. The molecule has 4 rings (SSSR count). The highest BCUT2D eigenvalue weighted by atomic mass is 28.4. The van der Waals surface area contributed by atoms with Crippen molar-refractivity contribution in [2.24, 2.45) is 0 Å². The average molecular weight is 455 g/mol. The molecule has 0 unspecified atom stereocenters. The smallest absolute Gasteiger partial charge is 0.272 e. The Morgan fingerprint density at radius 2 is 1.30 bits per heavy atom. The van der Waals surface area contributed by atoms with Crippen LogP contribution in [-0.4, -0.2) is 18.1 Å². The highest BCUT2D eigenvalue weighted by molar-refractivity contribution is 6.99. The van der Waals surface area contributed by atoms with Gasteiger partial charge in [-0.15, -0.1) is 0 Å². The average Bonchev–Trinajstić information content (AvgIpc) is 2.83. The summed E-state index contributed by atoms with van der Waals surface area (Å²) in [5, 5.41) is 6.55. The minimum Gasteiger partial charge on any atom is -0.403 e. The molecule has 0 amide bonds. The van der Waals surface area contributed by atoms with Gasteiger partial charge in [0.2, 0.25) is 0 Å². The first-order valence-corrected chi connectivity index (χ1v) is 13.2. The lowest BCUT2D eigenvalue weighted by Gasteiger charge is -2.43. The molecule has 0 atom stereocenters. The van der Waals surface area contributed by atoms with Gasteiger partial charge in [0, 0.05) is 11.8 Å². The highest BCUT2D eigenvalue weighted by Gasteiger charge is 2.50. The van der Waals surface area contributed by atoms with Crippen molar-refractivity contribution in [3.63, 3.8) is 0 Å². The molecule has 0 spiro atoms. The number of aromatic nitrogens is 2.